The van der Waals surface area contributed by atoms with Gasteiger partial charge in [0.2, 0.25) is 0 Å². The van der Waals surface area contributed by atoms with E-state index in [4.69, 9.17) is 4.98 Å². The molecular weight excluding hydrogens is 496 g/mol. The Morgan fingerprint density at radius 3 is 2.25 bits per heavy atom. The fourth-order valence-corrected chi connectivity index (χ4v) is 4.52. The second kappa shape index (κ2) is 10.6. The fraction of sp³-hybridized carbons (Fsp3) is 0.143. The molecule has 0 saturated carbocycles. The number of aromatic hydroxyl groups is 2. The molecule has 5 nitrogen and oxygen atoms in total. The van der Waals surface area contributed by atoms with E-state index in [2.05, 4.69) is 44.7 Å². The van der Waals surface area contributed by atoms with E-state index in [0.717, 1.165) is 16.7 Å². The van der Waals surface area contributed by atoms with Crippen LogP contribution in [0.25, 0.3) is 28.7 Å². The van der Waals surface area contributed by atoms with Crippen molar-refractivity contribution < 1.29 is 10.2 Å². The van der Waals surface area contributed by atoms with Gasteiger partial charge >= 0.3 is 0 Å². The molecule has 0 spiro atoms. The lowest BCUT2D eigenvalue weighted by molar-refractivity contribution is 0.459. The first-order valence-corrected chi connectivity index (χ1v) is 13.1. The highest BCUT2D eigenvalue weighted by molar-refractivity contribution is 5.80. The number of aromatic nitrogens is 2. The van der Waals surface area contributed by atoms with Gasteiger partial charge in [0.1, 0.15) is 17.3 Å². The summed E-state index contributed by atoms with van der Waals surface area (Å²) in [6.07, 6.45) is 3.29. The van der Waals surface area contributed by atoms with E-state index >= 15 is 0 Å². The summed E-state index contributed by atoms with van der Waals surface area (Å²) in [7, 11) is 0. The molecule has 4 aromatic carbocycles. The molecule has 0 fully saturated rings. The minimum Gasteiger partial charge on any atom is -0.508 e. The number of nitrogens with zero attached hydrogens (tertiary/aromatic N) is 2. The van der Waals surface area contributed by atoms with Gasteiger partial charge in [0.25, 0.3) is 5.56 Å². The van der Waals surface area contributed by atoms with Crippen molar-refractivity contribution in [2.75, 3.05) is 0 Å². The molecule has 40 heavy (non-hydrogen) atoms. The van der Waals surface area contributed by atoms with Gasteiger partial charge in [-0.3, -0.25) is 9.36 Å². The standard InChI is InChI=1S/C35H30N2O3/c1-23-21-25(10-9-24-11-15-27(16-12-24)35(2,3)4)13-18-31(23)37-33(20-14-26-22-28(38)17-19-32(26)39)36-30-8-6-5-7-29(30)34(37)40/h5-8,11-22,38-39H,1-4H3. The molecule has 0 aliphatic heterocycles. The molecule has 5 aromatic rings. The normalized spacial score (nSPS) is 11.5. The van der Waals surface area contributed by atoms with Gasteiger partial charge in [-0.1, -0.05) is 56.9 Å². The second-order valence-corrected chi connectivity index (χ2v) is 10.8. The zero-order chi connectivity index (χ0) is 28.4. The lowest BCUT2D eigenvalue weighted by Gasteiger charge is -2.18. The summed E-state index contributed by atoms with van der Waals surface area (Å²) in [6, 6.07) is 25.5. The van der Waals surface area contributed by atoms with Crippen LogP contribution >= 0.6 is 0 Å². The highest BCUT2D eigenvalue weighted by atomic mass is 16.3. The van der Waals surface area contributed by atoms with Crippen LogP contribution in [0.3, 0.4) is 0 Å². The van der Waals surface area contributed by atoms with Crippen LogP contribution in [0.15, 0.2) is 89.7 Å². The maximum atomic E-state index is 13.7. The van der Waals surface area contributed by atoms with Crippen LogP contribution in [0.2, 0.25) is 0 Å². The Morgan fingerprint density at radius 2 is 1.52 bits per heavy atom. The Morgan fingerprint density at radius 1 is 0.825 bits per heavy atom. The molecule has 0 bridgehead atoms. The Kier molecular flexibility index (Phi) is 7.02. The van der Waals surface area contributed by atoms with Gasteiger partial charge in [0, 0.05) is 16.7 Å². The van der Waals surface area contributed by atoms with E-state index in [1.54, 1.807) is 28.9 Å². The van der Waals surface area contributed by atoms with Gasteiger partial charge < -0.3 is 10.2 Å². The first kappa shape index (κ1) is 26.5. The minimum atomic E-state index is -0.203. The first-order valence-electron chi connectivity index (χ1n) is 13.1. The van der Waals surface area contributed by atoms with Gasteiger partial charge in [-0.15, -0.1) is 0 Å². The van der Waals surface area contributed by atoms with E-state index in [-0.39, 0.29) is 22.5 Å². The van der Waals surface area contributed by atoms with Crippen molar-refractivity contribution >= 4 is 23.1 Å². The first-order chi connectivity index (χ1) is 19.1. The SMILES string of the molecule is Cc1cc(C#Cc2ccc(C(C)(C)C)cc2)ccc1-n1c(C=Cc2cc(O)ccc2O)nc2ccccc2c1=O. The quantitative estimate of drug-likeness (QED) is 0.197. The molecule has 0 saturated heterocycles. The average Bonchev–Trinajstić information content (AvgIpc) is 2.93. The summed E-state index contributed by atoms with van der Waals surface area (Å²) in [4.78, 5) is 18.4. The number of aryl methyl sites for hydroxylation is 1. The molecule has 0 unspecified atom stereocenters. The molecule has 5 rings (SSSR count). The van der Waals surface area contributed by atoms with E-state index < -0.39 is 0 Å². The van der Waals surface area contributed by atoms with Crippen molar-refractivity contribution in [1.29, 1.82) is 0 Å². The van der Waals surface area contributed by atoms with Gasteiger partial charge in [-0.05, 0) is 96.3 Å². The van der Waals surface area contributed by atoms with Crippen LogP contribution in [0.4, 0.5) is 0 Å². The monoisotopic (exact) mass is 526 g/mol. The number of hydrogen-bond acceptors (Lipinski definition) is 4. The molecule has 2 N–H and O–H groups in total. The third kappa shape index (κ3) is 5.52. The number of hydrogen-bond donors (Lipinski definition) is 2. The largest absolute Gasteiger partial charge is 0.508 e. The van der Waals surface area contributed by atoms with Crippen molar-refractivity contribution in [2.45, 2.75) is 33.1 Å². The second-order valence-electron chi connectivity index (χ2n) is 10.8. The van der Waals surface area contributed by atoms with Crippen LogP contribution in [-0.2, 0) is 5.41 Å². The summed E-state index contributed by atoms with van der Waals surface area (Å²) in [5.41, 5.74) is 5.45. The summed E-state index contributed by atoms with van der Waals surface area (Å²) in [5.74, 6) is 6.90. The maximum Gasteiger partial charge on any atom is 0.266 e. The molecule has 0 amide bonds. The Bertz CT molecular complexity index is 1880. The number of rotatable bonds is 3. The topological polar surface area (TPSA) is 75.3 Å². The van der Waals surface area contributed by atoms with Crippen LogP contribution in [-0.4, -0.2) is 19.8 Å². The minimum absolute atomic E-state index is 0.0101. The molecule has 0 radical (unpaired) electrons. The Labute approximate surface area is 233 Å². The van der Waals surface area contributed by atoms with Crippen molar-refractivity contribution in [3.8, 4) is 29.0 Å². The molecular formula is C35H30N2O3. The zero-order valence-corrected chi connectivity index (χ0v) is 22.9. The summed E-state index contributed by atoms with van der Waals surface area (Å²) in [6.45, 7) is 8.50. The summed E-state index contributed by atoms with van der Waals surface area (Å²) in [5, 5.41) is 20.6. The lowest BCUT2D eigenvalue weighted by Crippen LogP contribution is -2.23. The maximum absolute atomic E-state index is 13.7. The van der Waals surface area contributed by atoms with Gasteiger partial charge in [0.05, 0.1) is 16.6 Å². The Hall–Kier alpha value is -5.08. The molecule has 0 aliphatic rings. The molecule has 0 atom stereocenters. The predicted octanol–water partition coefficient (Wildman–Crippen LogP) is 6.97. The third-order valence-corrected chi connectivity index (χ3v) is 6.76. The number of phenolic OH excluding ortho intramolecular Hbond substituents is 2. The molecule has 198 valence electrons. The third-order valence-electron chi connectivity index (χ3n) is 6.76. The summed E-state index contributed by atoms with van der Waals surface area (Å²) >= 11 is 0. The number of fused-ring (bicyclic) bond motifs is 1. The van der Waals surface area contributed by atoms with Crippen molar-refractivity contribution in [3.63, 3.8) is 0 Å². The highest BCUT2D eigenvalue weighted by Crippen LogP contribution is 2.25. The van der Waals surface area contributed by atoms with Crippen LogP contribution < -0.4 is 5.56 Å². The van der Waals surface area contributed by atoms with Crippen molar-refractivity contribution in [2.24, 2.45) is 0 Å². The number of benzene rings is 4. The Balaban J connectivity index is 1.56. The van der Waals surface area contributed by atoms with E-state index in [1.165, 1.54) is 23.8 Å². The molecule has 1 aromatic heterocycles. The number of para-hydroxylation sites is 1. The average molecular weight is 527 g/mol. The predicted molar refractivity (Wildman–Crippen MR) is 162 cm³/mol. The van der Waals surface area contributed by atoms with Gasteiger partial charge in [-0.2, -0.15) is 0 Å². The van der Waals surface area contributed by atoms with Crippen molar-refractivity contribution in [1.82, 2.24) is 9.55 Å². The lowest BCUT2D eigenvalue weighted by atomic mass is 9.87. The van der Waals surface area contributed by atoms with Crippen LogP contribution in [0.1, 0.15) is 54.4 Å². The van der Waals surface area contributed by atoms with Gasteiger partial charge in [-0.25, -0.2) is 4.98 Å². The molecule has 5 heteroatoms. The molecule has 1 heterocycles. The zero-order valence-electron chi connectivity index (χ0n) is 22.9. The van der Waals surface area contributed by atoms with Crippen LogP contribution in [0.5, 0.6) is 11.5 Å². The van der Waals surface area contributed by atoms with Gasteiger partial charge in [0.15, 0.2) is 0 Å². The summed E-state index contributed by atoms with van der Waals surface area (Å²) < 4.78 is 1.57. The molecule has 0 aliphatic carbocycles. The van der Waals surface area contributed by atoms with Crippen LogP contribution in [0, 0.1) is 18.8 Å². The number of phenols is 2. The van der Waals surface area contributed by atoms with Crippen molar-refractivity contribution in [3.05, 3.63) is 129 Å². The van der Waals surface area contributed by atoms with E-state index in [1.807, 2.05) is 49.4 Å². The fourth-order valence-electron chi connectivity index (χ4n) is 4.52. The smallest absolute Gasteiger partial charge is 0.266 e. The highest BCUT2D eigenvalue weighted by Gasteiger charge is 2.14. The van der Waals surface area contributed by atoms with E-state index in [9.17, 15) is 15.0 Å². The van der Waals surface area contributed by atoms with E-state index in [0.29, 0.717) is 28.0 Å².